The largest absolute Gasteiger partial charge is 0.353 e. The van der Waals surface area contributed by atoms with Crippen LogP contribution in [0.2, 0.25) is 0 Å². The van der Waals surface area contributed by atoms with Crippen molar-refractivity contribution in [1.82, 2.24) is 20.9 Å². The number of carbonyl (C=O) groups is 2. The van der Waals surface area contributed by atoms with Gasteiger partial charge in [-0.1, -0.05) is 0 Å². The average molecular weight is 252 g/mol. The maximum Gasteiger partial charge on any atom is 0.239 e. The molecule has 0 aromatic rings. The first kappa shape index (κ1) is 11.9. The molecule has 3 rings (SSSR count). The second-order valence-electron chi connectivity index (χ2n) is 5.39. The Hall–Kier alpha value is -1.14. The van der Waals surface area contributed by atoms with Gasteiger partial charge in [-0.3, -0.25) is 19.8 Å². The van der Waals surface area contributed by atoms with Crippen molar-refractivity contribution >= 4 is 11.8 Å². The molecule has 3 atom stereocenters. The summed E-state index contributed by atoms with van der Waals surface area (Å²) in [5.74, 6) is -0.0179. The predicted octanol–water partition coefficient (Wildman–Crippen LogP) is -1.57. The lowest BCUT2D eigenvalue weighted by atomic mass is 10.1. The highest BCUT2D eigenvalue weighted by molar-refractivity contribution is 5.86. The van der Waals surface area contributed by atoms with Crippen molar-refractivity contribution in [2.24, 2.45) is 0 Å². The molecule has 0 bridgehead atoms. The Morgan fingerprint density at radius 3 is 3.00 bits per heavy atom. The fraction of sp³-hybridized carbons (Fsp3) is 0.833. The van der Waals surface area contributed by atoms with Gasteiger partial charge in [-0.2, -0.15) is 0 Å². The Bertz CT molecular complexity index is 350. The first-order chi connectivity index (χ1) is 8.74. The van der Waals surface area contributed by atoms with Gasteiger partial charge in [0.2, 0.25) is 11.8 Å². The predicted molar refractivity (Wildman–Crippen MR) is 65.9 cm³/mol. The molecular weight excluding hydrogens is 232 g/mol. The first-order valence-electron chi connectivity index (χ1n) is 6.78. The third-order valence-electron chi connectivity index (χ3n) is 4.26. The van der Waals surface area contributed by atoms with E-state index in [1.165, 1.54) is 19.4 Å². The van der Waals surface area contributed by atoms with E-state index < -0.39 is 0 Å². The first-order valence-corrected chi connectivity index (χ1v) is 6.78. The SMILES string of the molecule is O=C1CNC(C(=O)NC2CCN3CCCC23)CN1. The molecular formula is C12H20N4O2. The van der Waals surface area contributed by atoms with Crippen LogP contribution in [0.1, 0.15) is 19.3 Å². The lowest BCUT2D eigenvalue weighted by Crippen LogP contribution is -2.59. The number of carbonyl (C=O) groups excluding carboxylic acids is 2. The zero-order valence-electron chi connectivity index (χ0n) is 10.4. The molecule has 100 valence electrons. The third kappa shape index (κ3) is 2.22. The zero-order chi connectivity index (χ0) is 12.5. The van der Waals surface area contributed by atoms with E-state index in [4.69, 9.17) is 0 Å². The molecule has 3 saturated heterocycles. The number of rotatable bonds is 2. The molecule has 0 saturated carbocycles. The highest BCUT2D eigenvalue weighted by Gasteiger charge is 2.38. The number of fused-ring (bicyclic) bond motifs is 1. The van der Waals surface area contributed by atoms with Gasteiger partial charge in [0.25, 0.3) is 0 Å². The van der Waals surface area contributed by atoms with Crippen LogP contribution in [0.3, 0.4) is 0 Å². The van der Waals surface area contributed by atoms with E-state index in [2.05, 4.69) is 20.9 Å². The summed E-state index contributed by atoms with van der Waals surface area (Å²) in [6, 6.07) is 0.546. The number of piperazine rings is 1. The van der Waals surface area contributed by atoms with Crippen LogP contribution in [0.4, 0.5) is 0 Å². The van der Waals surface area contributed by atoms with E-state index in [9.17, 15) is 9.59 Å². The molecule has 0 aromatic heterocycles. The highest BCUT2D eigenvalue weighted by Crippen LogP contribution is 2.27. The summed E-state index contributed by atoms with van der Waals surface area (Å²) < 4.78 is 0. The number of hydrogen-bond acceptors (Lipinski definition) is 4. The number of nitrogens with one attached hydrogen (secondary N) is 3. The molecule has 3 unspecified atom stereocenters. The molecule has 3 heterocycles. The van der Waals surface area contributed by atoms with Crippen LogP contribution in [-0.2, 0) is 9.59 Å². The summed E-state index contributed by atoms with van der Waals surface area (Å²) in [6.07, 6.45) is 3.49. The molecule has 6 heteroatoms. The maximum absolute atomic E-state index is 12.1. The molecule has 0 aromatic carbocycles. The Labute approximate surface area is 106 Å². The van der Waals surface area contributed by atoms with Crippen molar-refractivity contribution < 1.29 is 9.59 Å². The van der Waals surface area contributed by atoms with E-state index >= 15 is 0 Å². The van der Waals surface area contributed by atoms with Gasteiger partial charge in [-0.05, 0) is 25.8 Å². The monoisotopic (exact) mass is 252 g/mol. The van der Waals surface area contributed by atoms with Crippen LogP contribution in [0.25, 0.3) is 0 Å². The fourth-order valence-corrected chi connectivity index (χ4v) is 3.29. The zero-order valence-corrected chi connectivity index (χ0v) is 10.4. The molecule has 0 spiro atoms. The van der Waals surface area contributed by atoms with E-state index in [-0.39, 0.29) is 24.4 Å². The Kier molecular flexibility index (Phi) is 3.22. The average Bonchev–Trinajstić information content (AvgIpc) is 2.95. The number of nitrogens with zero attached hydrogens (tertiary/aromatic N) is 1. The van der Waals surface area contributed by atoms with Crippen molar-refractivity contribution in [1.29, 1.82) is 0 Å². The van der Waals surface area contributed by atoms with Crippen LogP contribution >= 0.6 is 0 Å². The quantitative estimate of drug-likeness (QED) is 0.555. The topological polar surface area (TPSA) is 73.5 Å². The standard InChI is InChI=1S/C12H20N4O2/c17-11-7-13-9(6-14-11)12(18)15-8-3-5-16-4-1-2-10(8)16/h8-10,13H,1-7H2,(H,14,17)(H,15,18). The van der Waals surface area contributed by atoms with E-state index in [0.29, 0.717) is 18.6 Å². The van der Waals surface area contributed by atoms with Crippen LogP contribution in [0.15, 0.2) is 0 Å². The normalized spacial score (nSPS) is 36.2. The lowest BCUT2D eigenvalue weighted by Gasteiger charge is -2.27. The highest BCUT2D eigenvalue weighted by atomic mass is 16.2. The molecule has 0 aliphatic carbocycles. The second kappa shape index (κ2) is 4.85. The molecule has 0 radical (unpaired) electrons. The summed E-state index contributed by atoms with van der Waals surface area (Å²) in [7, 11) is 0. The van der Waals surface area contributed by atoms with Crippen LogP contribution in [0.5, 0.6) is 0 Å². The van der Waals surface area contributed by atoms with Crippen LogP contribution in [0, 0.1) is 0 Å². The molecule has 3 aliphatic rings. The van der Waals surface area contributed by atoms with Crippen molar-refractivity contribution in [3.8, 4) is 0 Å². The van der Waals surface area contributed by atoms with E-state index in [0.717, 1.165) is 13.0 Å². The van der Waals surface area contributed by atoms with Gasteiger partial charge >= 0.3 is 0 Å². The molecule has 6 nitrogen and oxygen atoms in total. The van der Waals surface area contributed by atoms with Crippen LogP contribution in [-0.4, -0.2) is 61.0 Å². The number of amides is 2. The van der Waals surface area contributed by atoms with Gasteiger partial charge in [0.1, 0.15) is 6.04 Å². The molecule has 3 aliphatic heterocycles. The fourth-order valence-electron chi connectivity index (χ4n) is 3.29. The summed E-state index contributed by atoms with van der Waals surface area (Å²) >= 11 is 0. The minimum absolute atomic E-state index is 0.0220. The summed E-state index contributed by atoms with van der Waals surface area (Å²) in [6.45, 7) is 2.91. The van der Waals surface area contributed by atoms with Crippen molar-refractivity contribution in [3.63, 3.8) is 0 Å². The summed E-state index contributed by atoms with van der Waals surface area (Å²) in [5, 5.41) is 8.82. The van der Waals surface area contributed by atoms with Crippen molar-refractivity contribution in [2.75, 3.05) is 26.2 Å². The molecule has 2 amide bonds. The van der Waals surface area contributed by atoms with E-state index in [1.54, 1.807) is 0 Å². The van der Waals surface area contributed by atoms with Gasteiger partial charge in [0, 0.05) is 25.2 Å². The second-order valence-corrected chi connectivity index (χ2v) is 5.39. The summed E-state index contributed by atoms with van der Waals surface area (Å²) in [5.41, 5.74) is 0. The Balaban J connectivity index is 1.53. The Morgan fingerprint density at radius 2 is 2.22 bits per heavy atom. The van der Waals surface area contributed by atoms with Gasteiger partial charge in [0.05, 0.1) is 6.54 Å². The van der Waals surface area contributed by atoms with Crippen molar-refractivity contribution in [3.05, 3.63) is 0 Å². The van der Waals surface area contributed by atoms with E-state index in [1.807, 2.05) is 0 Å². The lowest BCUT2D eigenvalue weighted by molar-refractivity contribution is -0.127. The molecule has 3 fully saturated rings. The molecule has 18 heavy (non-hydrogen) atoms. The minimum atomic E-state index is -0.279. The Morgan fingerprint density at radius 1 is 1.33 bits per heavy atom. The summed E-state index contributed by atoms with van der Waals surface area (Å²) in [4.78, 5) is 25.6. The number of hydrogen-bond donors (Lipinski definition) is 3. The van der Waals surface area contributed by atoms with Gasteiger partial charge in [-0.25, -0.2) is 0 Å². The molecule has 3 N–H and O–H groups in total. The van der Waals surface area contributed by atoms with Crippen molar-refractivity contribution in [2.45, 2.75) is 37.4 Å². The van der Waals surface area contributed by atoms with Gasteiger partial charge < -0.3 is 10.6 Å². The van der Waals surface area contributed by atoms with Gasteiger partial charge in [0.15, 0.2) is 0 Å². The minimum Gasteiger partial charge on any atom is -0.353 e. The van der Waals surface area contributed by atoms with Crippen LogP contribution < -0.4 is 16.0 Å². The van der Waals surface area contributed by atoms with Gasteiger partial charge in [-0.15, -0.1) is 0 Å². The maximum atomic E-state index is 12.1. The third-order valence-corrected chi connectivity index (χ3v) is 4.26. The smallest absolute Gasteiger partial charge is 0.239 e.